The number of amides is 1. The van der Waals surface area contributed by atoms with E-state index in [1.165, 1.54) is 0 Å². The first kappa shape index (κ1) is 15.7. The molecule has 1 fully saturated rings. The van der Waals surface area contributed by atoms with Crippen LogP contribution in [0.15, 0.2) is 22.0 Å². The smallest absolute Gasteiger partial charge is 0.246 e. The van der Waals surface area contributed by atoms with Crippen LogP contribution >= 0.6 is 27.3 Å². The van der Waals surface area contributed by atoms with Crippen LogP contribution in [-0.2, 0) is 4.79 Å². The lowest BCUT2D eigenvalue weighted by atomic mass is 10.2. The highest BCUT2D eigenvalue weighted by atomic mass is 79.9. The number of halogens is 1. The van der Waals surface area contributed by atoms with Gasteiger partial charge in [-0.1, -0.05) is 13.8 Å². The quantitative estimate of drug-likeness (QED) is 0.772. The first-order chi connectivity index (χ1) is 9.54. The summed E-state index contributed by atoms with van der Waals surface area (Å²) in [7, 11) is 0. The van der Waals surface area contributed by atoms with Crippen molar-refractivity contribution >= 4 is 39.2 Å². The maximum absolute atomic E-state index is 12.1. The van der Waals surface area contributed by atoms with Crippen molar-refractivity contribution in [1.82, 2.24) is 9.80 Å². The van der Waals surface area contributed by atoms with Crippen molar-refractivity contribution in [2.24, 2.45) is 5.92 Å². The van der Waals surface area contributed by atoms with Gasteiger partial charge in [0.1, 0.15) is 0 Å². The predicted molar refractivity (Wildman–Crippen MR) is 88.9 cm³/mol. The van der Waals surface area contributed by atoms with Gasteiger partial charge in [-0.05, 0) is 40.1 Å². The molecule has 0 bridgehead atoms. The summed E-state index contributed by atoms with van der Waals surface area (Å²) in [4.78, 5) is 17.6. The van der Waals surface area contributed by atoms with E-state index in [1.807, 2.05) is 23.1 Å². The number of piperazine rings is 1. The van der Waals surface area contributed by atoms with Crippen LogP contribution < -0.4 is 0 Å². The highest BCUT2D eigenvalue weighted by Crippen LogP contribution is 2.23. The van der Waals surface area contributed by atoms with Crippen LogP contribution in [0.25, 0.3) is 6.08 Å². The van der Waals surface area contributed by atoms with Gasteiger partial charge in [0, 0.05) is 43.7 Å². The van der Waals surface area contributed by atoms with E-state index in [2.05, 4.69) is 34.7 Å². The summed E-state index contributed by atoms with van der Waals surface area (Å²) in [6.07, 6.45) is 3.59. The van der Waals surface area contributed by atoms with E-state index in [9.17, 15) is 4.79 Å². The highest BCUT2D eigenvalue weighted by molar-refractivity contribution is 9.11. The molecule has 1 saturated heterocycles. The minimum Gasteiger partial charge on any atom is -0.337 e. The molecule has 0 atom stereocenters. The first-order valence-corrected chi connectivity index (χ1v) is 8.60. The third kappa shape index (κ3) is 4.72. The summed E-state index contributed by atoms with van der Waals surface area (Å²) in [5.41, 5.74) is 0. The van der Waals surface area contributed by atoms with Crippen LogP contribution in [0.2, 0.25) is 0 Å². The first-order valence-electron chi connectivity index (χ1n) is 6.99. The molecule has 0 N–H and O–H groups in total. The Bertz CT molecular complexity index is 476. The Balaban J connectivity index is 1.81. The van der Waals surface area contributed by atoms with Crippen LogP contribution in [0, 0.1) is 5.92 Å². The maximum Gasteiger partial charge on any atom is 0.246 e. The standard InChI is InChI=1S/C15H21BrN2OS/c1-12(2)11-17-7-9-18(10-8-17)15(19)6-4-13-3-5-14(16)20-13/h3-6,12H,7-11H2,1-2H3/b6-4+. The molecule has 1 aliphatic rings. The number of rotatable bonds is 4. The second-order valence-corrected chi connectivity index (χ2v) is 7.99. The second-order valence-electron chi connectivity index (χ2n) is 5.49. The molecular formula is C15H21BrN2OS. The molecule has 0 spiro atoms. The van der Waals surface area contributed by atoms with Gasteiger partial charge in [0.05, 0.1) is 3.79 Å². The van der Waals surface area contributed by atoms with Crippen LogP contribution in [0.4, 0.5) is 0 Å². The fraction of sp³-hybridized carbons (Fsp3) is 0.533. The lowest BCUT2D eigenvalue weighted by Crippen LogP contribution is -2.49. The summed E-state index contributed by atoms with van der Waals surface area (Å²) in [6, 6.07) is 4.01. The molecule has 20 heavy (non-hydrogen) atoms. The minimum atomic E-state index is 0.124. The Morgan fingerprint density at radius 1 is 1.35 bits per heavy atom. The number of carbonyl (C=O) groups is 1. The molecule has 110 valence electrons. The molecule has 0 radical (unpaired) electrons. The van der Waals surface area contributed by atoms with Crippen molar-refractivity contribution in [2.45, 2.75) is 13.8 Å². The van der Waals surface area contributed by atoms with Crippen molar-refractivity contribution in [3.8, 4) is 0 Å². The summed E-state index contributed by atoms with van der Waals surface area (Å²) in [5.74, 6) is 0.813. The second kappa shape index (κ2) is 7.38. The van der Waals surface area contributed by atoms with Gasteiger partial charge in [0.25, 0.3) is 0 Å². The van der Waals surface area contributed by atoms with Crippen molar-refractivity contribution in [3.63, 3.8) is 0 Å². The van der Waals surface area contributed by atoms with Crippen molar-refractivity contribution in [3.05, 3.63) is 26.9 Å². The number of thiophene rings is 1. The summed E-state index contributed by atoms with van der Waals surface area (Å²) in [6.45, 7) is 9.25. The Morgan fingerprint density at radius 2 is 2.05 bits per heavy atom. The fourth-order valence-electron chi connectivity index (χ4n) is 2.34. The summed E-state index contributed by atoms with van der Waals surface area (Å²) < 4.78 is 1.09. The van der Waals surface area contributed by atoms with Gasteiger partial charge < -0.3 is 4.90 Å². The van der Waals surface area contributed by atoms with Gasteiger partial charge in [0.2, 0.25) is 5.91 Å². The Morgan fingerprint density at radius 3 is 2.60 bits per heavy atom. The van der Waals surface area contributed by atoms with E-state index in [1.54, 1.807) is 17.4 Å². The third-order valence-corrected chi connectivity index (χ3v) is 4.88. The van der Waals surface area contributed by atoms with Gasteiger partial charge in [-0.2, -0.15) is 0 Å². The molecule has 1 amide bonds. The average Bonchev–Trinajstić information content (AvgIpc) is 2.82. The Labute approximate surface area is 133 Å². The Hall–Kier alpha value is -0.650. The van der Waals surface area contributed by atoms with Crippen LogP contribution in [-0.4, -0.2) is 48.4 Å². The third-order valence-electron chi connectivity index (χ3n) is 3.29. The minimum absolute atomic E-state index is 0.124. The number of nitrogens with zero attached hydrogens (tertiary/aromatic N) is 2. The lowest BCUT2D eigenvalue weighted by Gasteiger charge is -2.35. The Kier molecular flexibility index (Phi) is 5.81. The molecule has 2 rings (SSSR count). The molecule has 5 heteroatoms. The van der Waals surface area contributed by atoms with Gasteiger partial charge >= 0.3 is 0 Å². The molecule has 2 heterocycles. The van der Waals surface area contributed by atoms with E-state index in [0.717, 1.165) is 41.4 Å². The zero-order chi connectivity index (χ0) is 14.5. The topological polar surface area (TPSA) is 23.6 Å². The van der Waals surface area contributed by atoms with Gasteiger partial charge in [0.15, 0.2) is 0 Å². The summed E-state index contributed by atoms with van der Waals surface area (Å²) in [5, 5.41) is 0. The van der Waals surface area contributed by atoms with Gasteiger partial charge in [-0.25, -0.2) is 0 Å². The maximum atomic E-state index is 12.1. The van der Waals surface area contributed by atoms with Gasteiger partial charge in [-0.3, -0.25) is 9.69 Å². The number of hydrogen-bond donors (Lipinski definition) is 0. The normalized spacial score (nSPS) is 17.3. The molecule has 0 unspecified atom stereocenters. The van der Waals surface area contributed by atoms with Crippen LogP contribution in [0.1, 0.15) is 18.7 Å². The lowest BCUT2D eigenvalue weighted by molar-refractivity contribution is -0.127. The molecule has 0 aromatic carbocycles. The predicted octanol–water partition coefficient (Wildman–Crippen LogP) is 3.32. The van der Waals surface area contributed by atoms with E-state index < -0.39 is 0 Å². The van der Waals surface area contributed by atoms with Crippen molar-refractivity contribution < 1.29 is 4.79 Å². The molecule has 1 aromatic heterocycles. The zero-order valence-corrected chi connectivity index (χ0v) is 14.4. The number of carbonyl (C=O) groups excluding carboxylic acids is 1. The molecule has 0 saturated carbocycles. The molecule has 0 aliphatic carbocycles. The largest absolute Gasteiger partial charge is 0.337 e. The molecule has 1 aromatic rings. The van der Waals surface area contributed by atoms with Crippen molar-refractivity contribution in [2.75, 3.05) is 32.7 Å². The van der Waals surface area contributed by atoms with Gasteiger partial charge in [-0.15, -0.1) is 11.3 Å². The van der Waals surface area contributed by atoms with Crippen LogP contribution in [0.5, 0.6) is 0 Å². The molecular weight excluding hydrogens is 336 g/mol. The van der Waals surface area contributed by atoms with Crippen LogP contribution in [0.3, 0.4) is 0 Å². The van der Waals surface area contributed by atoms with E-state index in [-0.39, 0.29) is 5.91 Å². The zero-order valence-electron chi connectivity index (χ0n) is 12.0. The highest BCUT2D eigenvalue weighted by Gasteiger charge is 2.19. The average molecular weight is 357 g/mol. The molecule has 1 aliphatic heterocycles. The van der Waals surface area contributed by atoms with E-state index in [4.69, 9.17) is 0 Å². The van der Waals surface area contributed by atoms with E-state index >= 15 is 0 Å². The molecule has 3 nitrogen and oxygen atoms in total. The van der Waals surface area contributed by atoms with E-state index in [0.29, 0.717) is 5.92 Å². The summed E-state index contributed by atoms with van der Waals surface area (Å²) >= 11 is 5.06. The fourth-order valence-corrected chi connectivity index (χ4v) is 3.67. The SMILES string of the molecule is CC(C)CN1CCN(C(=O)/C=C/c2ccc(Br)s2)CC1. The van der Waals surface area contributed by atoms with Crippen molar-refractivity contribution in [1.29, 1.82) is 0 Å². The number of hydrogen-bond acceptors (Lipinski definition) is 3. The monoisotopic (exact) mass is 356 g/mol.